The van der Waals surface area contributed by atoms with Crippen molar-refractivity contribution in [2.45, 2.75) is 84.7 Å². The lowest BCUT2D eigenvalue weighted by Gasteiger charge is -2.29. The number of hydrogen-bond acceptors (Lipinski definition) is 5. The van der Waals surface area contributed by atoms with Crippen LogP contribution in [0.25, 0.3) is 0 Å². The molecule has 0 unspecified atom stereocenters. The minimum Gasteiger partial charge on any atom is -0.336 e. The van der Waals surface area contributed by atoms with Crippen LogP contribution in [0.1, 0.15) is 56.1 Å². The lowest BCUT2D eigenvalue weighted by Crippen LogP contribution is -2.51. The summed E-state index contributed by atoms with van der Waals surface area (Å²) in [5.41, 5.74) is -0.721. The van der Waals surface area contributed by atoms with Gasteiger partial charge < -0.3 is 10.2 Å². The molecule has 5 rings (SSSR count). The van der Waals surface area contributed by atoms with Crippen LogP contribution in [-0.4, -0.2) is 54.7 Å². The molecule has 1 N–H and O–H groups in total. The number of nitrogens with one attached hydrogen (secondary N) is 1. The van der Waals surface area contributed by atoms with Crippen molar-refractivity contribution in [2.75, 3.05) is 6.54 Å². The van der Waals surface area contributed by atoms with Gasteiger partial charge in [-0.3, -0.25) is 9.59 Å². The van der Waals surface area contributed by atoms with E-state index in [0.717, 1.165) is 5.56 Å². The van der Waals surface area contributed by atoms with Gasteiger partial charge in [-0.15, -0.1) is 0 Å². The Bertz CT molecular complexity index is 1550. The molecule has 7 nitrogen and oxygen atoms in total. The molecule has 0 aromatic heterocycles. The van der Waals surface area contributed by atoms with Gasteiger partial charge in [0.05, 0.1) is 26.7 Å². The summed E-state index contributed by atoms with van der Waals surface area (Å²) in [4.78, 5) is 28.5. The maximum Gasteiger partial charge on any atom is 0.389 e. The standard InChI is InChI=1S/C29H28Cl2F3N3O4S/c30-20-6-4-19(5-7-20)28(12-13-28)26(39)37-16-21(15-23(37)25(38)36-27(17-35)10-11-27)42(40,41)24-8-3-18(14-22(24)31)2-1-9-29(32,33)34/h3-8,14,21,23H,1-2,9-13,15-16H2,(H,36,38)/t21-,23+/m1/s1. The van der Waals surface area contributed by atoms with Gasteiger partial charge in [0.2, 0.25) is 11.8 Å². The van der Waals surface area contributed by atoms with Crippen LogP contribution in [0.3, 0.4) is 0 Å². The molecule has 1 aliphatic heterocycles. The highest BCUT2D eigenvalue weighted by Gasteiger charge is 2.58. The molecular formula is C29H28Cl2F3N3O4S. The van der Waals surface area contributed by atoms with Crippen molar-refractivity contribution >= 4 is 44.9 Å². The molecule has 42 heavy (non-hydrogen) atoms. The lowest BCUT2D eigenvalue weighted by molar-refractivity contribution is -0.140. The lowest BCUT2D eigenvalue weighted by atomic mass is 9.94. The summed E-state index contributed by atoms with van der Waals surface area (Å²) < 4.78 is 65.2. The molecule has 3 fully saturated rings. The van der Waals surface area contributed by atoms with E-state index in [4.69, 9.17) is 23.2 Å². The van der Waals surface area contributed by atoms with Gasteiger partial charge in [0.1, 0.15) is 11.6 Å². The molecule has 2 amide bonds. The highest BCUT2D eigenvalue weighted by atomic mass is 35.5. The van der Waals surface area contributed by atoms with Gasteiger partial charge >= 0.3 is 6.18 Å². The van der Waals surface area contributed by atoms with Crippen LogP contribution in [0.15, 0.2) is 47.4 Å². The van der Waals surface area contributed by atoms with Gasteiger partial charge in [-0.1, -0.05) is 41.4 Å². The van der Waals surface area contributed by atoms with Crippen molar-refractivity contribution in [3.8, 4) is 6.07 Å². The molecule has 0 radical (unpaired) electrons. The van der Waals surface area contributed by atoms with Crippen LogP contribution in [-0.2, 0) is 31.3 Å². The minimum atomic E-state index is -4.29. The molecule has 224 valence electrons. The molecule has 1 saturated heterocycles. The van der Waals surface area contributed by atoms with Crippen LogP contribution in [0, 0.1) is 11.3 Å². The summed E-state index contributed by atoms with van der Waals surface area (Å²) >= 11 is 12.4. The van der Waals surface area contributed by atoms with E-state index in [-0.39, 0.29) is 41.6 Å². The van der Waals surface area contributed by atoms with E-state index in [0.29, 0.717) is 36.3 Å². The van der Waals surface area contributed by atoms with Gasteiger partial charge in [0, 0.05) is 18.0 Å². The Morgan fingerprint density at radius 2 is 1.74 bits per heavy atom. The first kappa shape index (κ1) is 30.6. The number of amides is 2. The first-order valence-electron chi connectivity index (χ1n) is 13.6. The second kappa shape index (κ2) is 11.0. The number of sulfone groups is 1. The van der Waals surface area contributed by atoms with Crippen molar-refractivity contribution in [3.63, 3.8) is 0 Å². The first-order chi connectivity index (χ1) is 19.7. The largest absolute Gasteiger partial charge is 0.389 e. The third kappa shape index (κ3) is 6.12. The fraction of sp³-hybridized carbons (Fsp3) is 0.483. The summed E-state index contributed by atoms with van der Waals surface area (Å²) in [5.74, 6) is -0.950. The molecule has 3 aliphatic rings. The molecule has 13 heteroatoms. The fourth-order valence-corrected chi connectivity index (χ4v) is 7.99. The molecule has 0 spiro atoms. The van der Waals surface area contributed by atoms with E-state index in [2.05, 4.69) is 11.4 Å². The van der Waals surface area contributed by atoms with Gasteiger partial charge in [-0.25, -0.2) is 8.42 Å². The second-order valence-electron chi connectivity index (χ2n) is 11.4. The van der Waals surface area contributed by atoms with Crippen molar-refractivity contribution in [2.24, 2.45) is 0 Å². The van der Waals surface area contributed by atoms with Crippen LogP contribution in [0.5, 0.6) is 0 Å². The SMILES string of the molecule is N#CC1(NC(=O)[C@@H]2C[C@@H](S(=O)(=O)c3ccc(CCCC(F)(F)F)cc3Cl)CN2C(=O)C2(c3ccc(Cl)cc3)CC2)CC1. The van der Waals surface area contributed by atoms with Crippen LogP contribution in [0.2, 0.25) is 10.0 Å². The number of aryl methyl sites for hydroxylation is 1. The molecule has 0 bridgehead atoms. The maximum atomic E-state index is 14.0. The zero-order chi connectivity index (χ0) is 30.5. The Labute approximate surface area is 251 Å². The number of nitriles is 1. The Hall–Kier alpha value is -2.81. The predicted octanol–water partition coefficient (Wildman–Crippen LogP) is 5.53. The van der Waals surface area contributed by atoms with Crippen LogP contribution >= 0.6 is 23.2 Å². The average molecular weight is 643 g/mol. The number of nitrogens with zero attached hydrogens (tertiary/aromatic N) is 2. The number of alkyl halides is 3. The maximum absolute atomic E-state index is 14.0. The van der Waals surface area contributed by atoms with E-state index in [1.54, 1.807) is 24.3 Å². The number of hydrogen-bond donors (Lipinski definition) is 1. The number of carbonyl (C=O) groups is 2. The van der Waals surface area contributed by atoms with E-state index in [1.807, 2.05) is 0 Å². The highest BCUT2D eigenvalue weighted by molar-refractivity contribution is 7.92. The Morgan fingerprint density at radius 1 is 1.07 bits per heavy atom. The van der Waals surface area contributed by atoms with E-state index < -0.39 is 50.6 Å². The number of benzene rings is 2. The Morgan fingerprint density at radius 3 is 2.29 bits per heavy atom. The quantitative estimate of drug-likeness (QED) is 0.388. The van der Waals surface area contributed by atoms with Crippen molar-refractivity contribution < 1.29 is 31.2 Å². The molecule has 2 atom stereocenters. The van der Waals surface area contributed by atoms with E-state index in [1.165, 1.54) is 23.1 Å². The Kier molecular flexibility index (Phi) is 8.05. The number of carbonyl (C=O) groups excluding carboxylic acids is 2. The zero-order valence-corrected chi connectivity index (χ0v) is 24.7. The summed E-state index contributed by atoms with van der Waals surface area (Å²) in [6.45, 7) is -0.252. The second-order valence-corrected chi connectivity index (χ2v) is 14.4. The normalized spacial score (nSPS) is 22.3. The number of likely N-dealkylation sites (tertiary alicyclic amines) is 1. The molecule has 2 saturated carbocycles. The monoisotopic (exact) mass is 641 g/mol. The van der Waals surface area contributed by atoms with Gasteiger partial charge in [0.25, 0.3) is 0 Å². The third-order valence-electron chi connectivity index (χ3n) is 8.38. The predicted molar refractivity (Wildman–Crippen MR) is 150 cm³/mol. The zero-order valence-electron chi connectivity index (χ0n) is 22.4. The Balaban J connectivity index is 1.40. The molecule has 2 aromatic rings. The van der Waals surface area contributed by atoms with Crippen LogP contribution < -0.4 is 5.32 Å². The number of halogens is 5. The van der Waals surface area contributed by atoms with Gasteiger partial charge in [-0.2, -0.15) is 18.4 Å². The van der Waals surface area contributed by atoms with Crippen molar-refractivity contribution in [1.82, 2.24) is 10.2 Å². The number of rotatable bonds is 9. The summed E-state index contributed by atoms with van der Waals surface area (Å²) in [6, 6.07) is 11.8. The summed E-state index contributed by atoms with van der Waals surface area (Å²) in [7, 11) is -4.16. The van der Waals surface area contributed by atoms with E-state index in [9.17, 15) is 36.4 Å². The van der Waals surface area contributed by atoms with Crippen molar-refractivity contribution in [1.29, 1.82) is 5.26 Å². The van der Waals surface area contributed by atoms with Gasteiger partial charge in [-0.05, 0) is 80.3 Å². The smallest absolute Gasteiger partial charge is 0.336 e. The van der Waals surface area contributed by atoms with E-state index >= 15 is 0 Å². The van der Waals surface area contributed by atoms with Crippen LogP contribution in [0.4, 0.5) is 13.2 Å². The third-order valence-corrected chi connectivity index (χ3v) is 11.2. The molecule has 2 aliphatic carbocycles. The summed E-state index contributed by atoms with van der Waals surface area (Å²) in [6.07, 6.45) is -3.55. The van der Waals surface area contributed by atoms with Crippen molar-refractivity contribution in [3.05, 3.63) is 63.6 Å². The fourth-order valence-electron chi connectivity index (χ4n) is 5.60. The molecular weight excluding hydrogens is 614 g/mol. The van der Waals surface area contributed by atoms with Gasteiger partial charge in [0.15, 0.2) is 9.84 Å². The summed E-state index contributed by atoms with van der Waals surface area (Å²) in [5, 5.41) is 11.4. The first-order valence-corrected chi connectivity index (χ1v) is 15.9. The topological polar surface area (TPSA) is 107 Å². The minimum absolute atomic E-state index is 0.0704. The highest BCUT2D eigenvalue weighted by Crippen LogP contribution is 2.51. The molecule has 1 heterocycles. The molecule has 2 aromatic carbocycles. The average Bonchev–Trinajstić information content (AvgIpc) is 3.84.